The van der Waals surface area contributed by atoms with E-state index in [0.29, 0.717) is 5.92 Å². The molecule has 1 aliphatic carbocycles. The lowest BCUT2D eigenvalue weighted by Crippen LogP contribution is -1.97. The van der Waals surface area contributed by atoms with E-state index < -0.39 is 5.60 Å². The fourth-order valence-corrected chi connectivity index (χ4v) is 0.549. The minimum Gasteiger partial charge on any atom is -0.229 e. The van der Waals surface area contributed by atoms with E-state index in [1.165, 1.54) is 0 Å². The van der Waals surface area contributed by atoms with E-state index in [4.69, 9.17) is 0 Å². The van der Waals surface area contributed by atoms with Crippen molar-refractivity contribution in [2.24, 2.45) is 5.92 Å². The van der Waals surface area contributed by atoms with Gasteiger partial charge in [-0.3, -0.25) is 0 Å². The van der Waals surface area contributed by atoms with Gasteiger partial charge in [0.15, 0.2) is 0 Å². The summed E-state index contributed by atoms with van der Waals surface area (Å²) in [5.41, 5.74) is -0.542. The molecule has 1 nitrogen and oxygen atoms in total. The summed E-state index contributed by atoms with van der Waals surface area (Å²) in [5, 5.41) is 10.5. The molecule has 0 saturated heterocycles. The molecule has 1 radical (unpaired) electrons. The molecule has 0 aromatic carbocycles. The van der Waals surface area contributed by atoms with E-state index in [-0.39, 0.29) is 0 Å². The Kier molecular flexibility index (Phi) is 0.539. The summed E-state index contributed by atoms with van der Waals surface area (Å²) in [7, 11) is 0. The van der Waals surface area contributed by atoms with Gasteiger partial charge in [0, 0.05) is 0 Å². The van der Waals surface area contributed by atoms with Crippen molar-refractivity contribution in [3.8, 4) is 0 Å². The normalized spacial score (nSPS) is 55.5. The molecule has 0 aliphatic heterocycles. The van der Waals surface area contributed by atoms with Crippen LogP contribution in [0, 0.1) is 5.92 Å². The molecule has 0 aromatic heterocycles. The van der Waals surface area contributed by atoms with Crippen LogP contribution in [0.4, 0.5) is 0 Å². The predicted octanol–water partition coefficient (Wildman–Crippen LogP) is 1.22. The first-order chi connectivity index (χ1) is 2.63. The van der Waals surface area contributed by atoms with E-state index in [0.717, 1.165) is 6.42 Å². The zero-order valence-electron chi connectivity index (χ0n) is 4.19. The lowest BCUT2D eigenvalue weighted by Gasteiger charge is -1.87. The van der Waals surface area contributed by atoms with Crippen LogP contribution in [0.3, 0.4) is 0 Å². The minimum atomic E-state index is -0.542. The minimum absolute atomic E-state index is 0.442. The van der Waals surface area contributed by atoms with Crippen molar-refractivity contribution in [1.29, 1.82) is 0 Å². The second-order valence-corrected chi connectivity index (χ2v) is 2.42. The van der Waals surface area contributed by atoms with Gasteiger partial charge >= 0.3 is 0 Å². The lowest BCUT2D eigenvalue weighted by atomic mass is 10.3. The fraction of sp³-hybridized carbons (Fsp3) is 1.00. The van der Waals surface area contributed by atoms with Gasteiger partial charge in [0.25, 0.3) is 0 Å². The molecule has 35 valence electrons. The average molecular weight is 85.1 g/mol. The van der Waals surface area contributed by atoms with E-state index in [2.05, 4.69) is 0 Å². The Morgan fingerprint density at radius 3 is 2.00 bits per heavy atom. The van der Waals surface area contributed by atoms with Crippen molar-refractivity contribution in [1.82, 2.24) is 0 Å². The molecule has 0 bridgehead atoms. The Hall–Kier alpha value is -0.0400. The van der Waals surface area contributed by atoms with E-state index in [9.17, 15) is 5.11 Å². The topological polar surface area (TPSA) is 19.9 Å². The molecule has 2 atom stereocenters. The molecular weight excluding hydrogens is 76.1 g/mol. The fourth-order valence-electron chi connectivity index (χ4n) is 0.549. The maximum Gasteiger partial charge on any atom is 0.104 e. The van der Waals surface area contributed by atoms with Crippen molar-refractivity contribution >= 4 is 0 Å². The summed E-state index contributed by atoms with van der Waals surface area (Å²) in [6.07, 6.45) is 0.882. The number of rotatable bonds is 0. The van der Waals surface area contributed by atoms with Gasteiger partial charge in [0.2, 0.25) is 0 Å². The van der Waals surface area contributed by atoms with E-state index in [1.807, 2.05) is 6.92 Å². The summed E-state index contributed by atoms with van der Waals surface area (Å²) in [5.74, 6) is 0.442. The van der Waals surface area contributed by atoms with Crippen molar-refractivity contribution in [3.05, 3.63) is 0 Å². The van der Waals surface area contributed by atoms with Gasteiger partial charge in [-0.1, -0.05) is 6.92 Å². The first-order valence-corrected chi connectivity index (χ1v) is 2.33. The van der Waals surface area contributed by atoms with Crippen LogP contribution in [-0.2, 0) is 5.11 Å². The van der Waals surface area contributed by atoms with Crippen LogP contribution in [0.25, 0.3) is 0 Å². The van der Waals surface area contributed by atoms with Crippen molar-refractivity contribution in [3.63, 3.8) is 0 Å². The van der Waals surface area contributed by atoms with Crippen molar-refractivity contribution in [2.75, 3.05) is 0 Å². The molecule has 6 heavy (non-hydrogen) atoms. The van der Waals surface area contributed by atoms with Crippen molar-refractivity contribution < 1.29 is 5.11 Å². The predicted molar refractivity (Wildman–Crippen MR) is 22.9 cm³/mol. The van der Waals surface area contributed by atoms with Gasteiger partial charge in [0.05, 0.1) is 0 Å². The maximum absolute atomic E-state index is 10.5. The van der Waals surface area contributed by atoms with Crippen LogP contribution < -0.4 is 0 Å². The van der Waals surface area contributed by atoms with Gasteiger partial charge in [-0.2, -0.15) is 0 Å². The molecule has 0 unspecified atom stereocenters. The average Bonchev–Trinajstić information content (AvgIpc) is 1.73. The number of hydrogen-bond donors (Lipinski definition) is 0. The van der Waals surface area contributed by atoms with Crippen LogP contribution >= 0.6 is 0 Å². The van der Waals surface area contributed by atoms with Crippen molar-refractivity contribution in [2.45, 2.75) is 25.9 Å². The Bertz CT molecular complexity index is 66.3. The molecule has 0 aromatic rings. The third-order valence-electron chi connectivity index (χ3n) is 1.59. The van der Waals surface area contributed by atoms with Crippen LogP contribution in [0.1, 0.15) is 20.3 Å². The van der Waals surface area contributed by atoms with Gasteiger partial charge in [-0.15, -0.1) is 0 Å². The van der Waals surface area contributed by atoms with E-state index in [1.54, 1.807) is 6.92 Å². The maximum atomic E-state index is 10.5. The number of hydrogen-bond acceptors (Lipinski definition) is 0. The SMILES string of the molecule is C[C@H]1C[C@@]1(C)[O]. The molecular formula is C5H9O. The summed E-state index contributed by atoms with van der Waals surface area (Å²) >= 11 is 0. The van der Waals surface area contributed by atoms with Crippen LogP contribution in [-0.4, -0.2) is 5.60 Å². The van der Waals surface area contributed by atoms with E-state index >= 15 is 0 Å². The zero-order valence-corrected chi connectivity index (χ0v) is 4.19. The Labute approximate surface area is 38.0 Å². The largest absolute Gasteiger partial charge is 0.229 e. The van der Waals surface area contributed by atoms with Gasteiger partial charge in [-0.25, -0.2) is 5.11 Å². The van der Waals surface area contributed by atoms with Crippen LogP contribution in [0.15, 0.2) is 0 Å². The first-order valence-electron chi connectivity index (χ1n) is 2.33. The van der Waals surface area contributed by atoms with Crippen LogP contribution in [0.2, 0.25) is 0 Å². The summed E-state index contributed by atoms with van der Waals surface area (Å²) in [6, 6.07) is 0. The second kappa shape index (κ2) is 0.784. The highest BCUT2D eigenvalue weighted by Gasteiger charge is 2.46. The highest BCUT2D eigenvalue weighted by Crippen LogP contribution is 2.42. The molecule has 1 aliphatic rings. The Morgan fingerprint density at radius 1 is 1.83 bits per heavy atom. The molecule has 0 heterocycles. The molecule has 1 rings (SSSR count). The summed E-state index contributed by atoms with van der Waals surface area (Å²) in [6.45, 7) is 3.75. The lowest BCUT2D eigenvalue weighted by molar-refractivity contribution is 0.0688. The Morgan fingerprint density at radius 2 is 2.00 bits per heavy atom. The second-order valence-electron chi connectivity index (χ2n) is 2.42. The molecule has 1 fully saturated rings. The van der Waals surface area contributed by atoms with Gasteiger partial charge < -0.3 is 0 Å². The third-order valence-corrected chi connectivity index (χ3v) is 1.59. The van der Waals surface area contributed by atoms with Gasteiger partial charge in [-0.05, 0) is 19.3 Å². The van der Waals surface area contributed by atoms with Gasteiger partial charge in [0.1, 0.15) is 5.60 Å². The Balaban J connectivity index is 2.41. The van der Waals surface area contributed by atoms with Crippen LogP contribution in [0.5, 0.6) is 0 Å². The highest BCUT2D eigenvalue weighted by atomic mass is 16.3. The first kappa shape index (κ1) is 4.13. The quantitative estimate of drug-likeness (QED) is 0.421. The molecule has 0 N–H and O–H groups in total. The zero-order chi connectivity index (χ0) is 4.78. The molecule has 0 amide bonds. The summed E-state index contributed by atoms with van der Waals surface area (Å²) < 4.78 is 0. The smallest absolute Gasteiger partial charge is 0.104 e. The molecule has 1 saturated carbocycles. The third kappa shape index (κ3) is 0.432. The molecule has 0 spiro atoms. The standard InChI is InChI=1S/C5H9O/c1-4-3-5(4,2)6/h4H,3H2,1-2H3/t4-,5+/m0/s1. The molecule has 1 heteroatoms. The highest BCUT2D eigenvalue weighted by molar-refractivity contribution is 4.95. The monoisotopic (exact) mass is 85.1 g/mol. The summed E-state index contributed by atoms with van der Waals surface area (Å²) in [4.78, 5) is 0.